The number of benzene rings is 1. The lowest BCUT2D eigenvalue weighted by atomic mass is 10.3. The third-order valence-corrected chi connectivity index (χ3v) is 2.89. The summed E-state index contributed by atoms with van der Waals surface area (Å²) < 4.78 is 0. The molecule has 0 radical (unpaired) electrons. The molecule has 2 rings (SSSR count). The maximum absolute atomic E-state index is 11.4. The maximum atomic E-state index is 11.4. The molecule has 0 atom stereocenters. The average molecular weight is 231 g/mol. The largest absolute Gasteiger partial charge is 0.336 e. The van der Waals surface area contributed by atoms with E-state index in [9.17, 15) is 4.79 Å². The lowest BCUT2D eigenvalue weighted by molar-refractivity contribution is 0.252. The molecule has 5 heteroatoms. The number of hydrogen-bond donors (Lipinski definition) is 1. The number of nitrogens with one attached hydrogen (secondary N) is 1. The van der Waals surface area contributed by atoms with Gasteiger partial charge in [-0.25, -0.2) is 4.79 Å². The summed E-state index contributed by atoms with van der Waals surface area (Å²) in [5.41, 5.74) is 0.661. The Kier molecular flexibility index (Phi) is 2.52. The normalized spacial score (nSPS) is 15.9. The lowest BCUT2D eigenvalue weighted by Crippen LogP contribution is -2.27. The molecule has 0 saturated carbocycles. The summed E-state index contributed by atoms with van der Waals surface area (Å²) in [6.45, 7) is 1.26. The van der Waals surface area contributed by atoms with Gasteiger partial charge in [-0.05, 0) is 12.1 Å². The van der Waals surface area contributed by atoms with Crippen LogP contribution < -0.4 is 10.2 Å². The molecular formula is C9H8Cl2N2O. The molecule has 0 spiro atoms. The van der Waals surface area contributed by atoms with Crippen molar-refractivity contribution < 1.29 is 4.79 Å². The predicted octanol–water partition coefficient (Wildman–Crippen LogP) is 2.52. The Hall–Kier alpha value is -0.930. The molecule has 1 aromatic rings. The van der Waals surface area contributed by atoms with E-state index in [1.54, 1.807) is 23.1 Å². The van der Waals surface area contributed by atoms with Gasteiger partial charge < -0.3 is 5.32 Å². The molecule has 1 aliphatic rings. The van der Waals surface area contributed by atoms with E-state index < -0.39 is 0 Å². The van der Waals surface area contributed by atoms with Crippen LogP contribution in [0.2, 0.25) is 10.0 Å². The highest BCUT2D eigenvalue weighted by atomic mass is 35.5. The van der Waals surface area contributed by atoms with Crippen molar-refractivity contribution in [3.63, 3.8) is 0 Å². The van der Waals surface area contributed by atoms with Gasteiger partial charge in [0, 0.05) is 13.1 Å². The molecule has 1 aliphatic heterocycles. The van der Waals surface area contributed by atoms with E-state index in [-0.39, 0.29) is 6.03 Å². The quantitative estimate of drug-likeness (QED) is 0.791. The predicted molar refractivity (Wildman–Crippen MR) is 57.2 cm³/mol. The number of carbonyl (C=O) groups excluding carboxylic acids is 1. The van der Waals surface area contributed by atoms with E-state index in [0.29, 0.717) is 28.8 Å². The number of hydrogen-bond acceptors (Lipinski definition) is 1. The standard InChI is InChI=1S/C9H8Cl2N2O/c10-6-2-1-3-7(8(6)11)13-5-4-12-9(13)14/h1-3H,4-5H2,(H,12,14). The zero-order chi connectivity index (χ0) is 10.1. The molecule has 2 amide bonds. The lowest BCUT2D eigenvalue weighted by Gasteiger charge is -2.16. The van der Waals surface area contributed by atoms with Crippen molar-refractivity contribution in [2.45, 2.75) is 0 Å². The molecule has 1 aromatic carbocycles. The Labute approximate surface area is 91.6 Å². The van der Waals surface area contributed by atoms with Gasteiger partial charge in [0.2, 0.25) is 0 Å². The molecule has 1 heterocycles. The van der Waals surface area contributed by atoms with Crippen LogP contribution in [0, 0.1) is 0 Å². The highest BCUT2D eigenvalue weighted by Crippen LogP contribution is 2.32. The monoisotopic (exact) mass is 230 g/mol. The molecule has 74 valence electrons. The Balaban J connectivity index is 2.41. The molecule has 1 fully saturated rings. The van der Waals surface area contributed by atoms with Gasteiger partial charge in [0.05, 0.1) is 15.7 Å². The summed E-state index contributed by atoms with van der Waals surface area (Å²) >= 11 is 11.8. The van der Waals surface area contributed by atoms with Gasteiger partial charge in [0.25, 0.3) is 0 Å². The number of halogens is 2. The van der Waals surface area contributed by atoms with E-state index >= 15 is 0 Å². The van der Waals surface area contributed by atoms with Crippen molar-refractivity contribution in [3.8, 4) is 0 Å². The van der Waals surface area contributed by atoms with Gasteiger partial charge in [-0.2, -0.15) is 0 Å². The van der Waals surface area contributed by atoms with Crippen molar-refractivity contribution in [1.82, 2.24) is 5.32 Å². The highest BCUT2D eigenvalue weighted by molar-refractivity contribution is 6.44. The highest BCUT2D eigenvalue weighted by Gasteiger charge is 2.23. The second-order valence-electron chi connectivity index (χ2n) is 2.96. The van der Waals surface area contributed by atoms with Crippen molar-refractivity contribution in [2.24, 2.45) is 0 Å². The number of rotatable bonds is 1. The first-order valence-corrected chi connectivity index (χ1v) is 4.95. The minimum atomic E-state index is -0.130. The molecule has 3 nitrogen and oxygen atoms in total. The van der Waals surface area contributed by atoms with Gasteiger partial charge in [-0.1, -0.05) is 29.3 Å². The van der Waals surface area contributed by atoms with Gasteiger partial charge in [0.1, 0.15) is 0 Å². The number of amides is 2. The topological polar surface area (TPSA) is 32.3 Å². The van der Waals surface area contributed by atoms with Crippen LogP contribution >= 0.6 is 23.2 Å². The first-order chi connectivity index (χ1) is 6.70. The fraction of sp³-hybridized carbons (Fsp3) is 0.222. The smallest absolute Gasteiger partial charge is 0.322 e. The van der Waals surface area contributed by atoms with E-state index in [1.807, 2.05) is 0 Å². The molecule has 1 N–H and O–H groups in total. The van der Waals surface area contributed by atoms with Crippen molar-refractivity contribution >= 4 is 34.9 Å². The van der Waals surface area contributed by atoms with E-state index in [1.165, 1.54) is 0 Å². The SMILES string of the molecule is O=C1NCCN1c1cccc(Cl)c1Cl. The van der Waals surface area contributed by atoms with Crippen LogP contribution in [0.1, 0.15) is 0 Å². The second-order valence-corrected chi connectivity index (χ2v) is 3.74. The molecular weight excluding hydrogens is 223 g/mol. The third kappa shape index (κ3) is 1.53. The Bertz CT molecular complexity index is 381. The summed E-state index contributed by atoms with van der Waals surface area (Å²) in [5.74, 6) is 0. The summed E-state index contributed by atoms with van der Waals surface area (Å²) in [5, 5.41) is 3.58. The van der Waals surface area contributed by atoms with Gasteiger partial charge in [-0.15, -0.1) is 0 Å². The number of nitrogens with zero attached hydrogens (tertiary/aromatic N) is 1. The van der Waals surface area contributed by atoms with Crippen molar-refractivity contribution in [3.05, 3.63) is 28.2 Å². The molecule has 0 bridgehead atoms. The van der Waals surface area contributed by atoms with Crippen LogP contribution in [-0.4, -0.2) is 19.1 Å². The number of urea groups is 1. The van der Waals surface area contributed by atoms with E-state index in [2.05, 4.69) is 5.32 Å². The number of anilines is 1. The van der Waals surface area contributed by atoms with Gasteiger partial charge in [-0.3, -0.25) is 4.90 Å². The average Bonchev–Trinajstić information content (AvgIpc) is 2.57. The summed E-state index contributed by atoms with van der Waals surface area (Å²) in [4.78, 5) is 12.9. The summed E-state index contributed by atoms with van der Waals surface area (Å²) in [6.07, 6.45) is 0. The van der Waals surface area contributed by atoms with Crippen LogP contribution in [0.5, 0.6) is 0 Å². The van der Waals surface area contributed by atoms with Crippen LogP contribution in [-0.2, 0) is 0 Å². The summed E-state index contributed by atoms with van der Waals surface area (Å²) in [6, 6.07) is 5.12. The molecule has 0 unspecified atom stereocenters. The van der Waals surface area contributed by atoms with E-state index in [0.717, 1.165) is 0 Å². The van der Waals surface area contributed by atoms with E-state index in [4.69, 9.17) is 23.2 Å². The Morgan fingerprint density at radius 3 is 2.79 bits per heavy atom. The fourth-order valence-corrected chi connectivity index (χ4v) is 1.80. The zero-order valence-electron chi connectivity index (χ0n) is 7.26. The van der Waals surface area contributed by atoms with Crippen molar-refractivity contribution in [2.75, 3.05) is 18.0 Å². The third-order valence-electron chi connectivity index (χ3n) is 2.08. The first-order valence-electron chi connectivity index (χ1n) is 4.19. The van der Waals surface area contributed by atoms with Gasteiger partial charge >= 0.3 is 6.03 Å². The number of carbonyl (C=O) groups is 1. The molecule has 0 aliphatic carbocycles. The van der Waals surface area contributed by atoms with Crippen LogP contribution in [0.4, 0.5) is 10.5 Å². The Morgan fingerprint density at radius 1 is 1.36 bits per heavy atom. The fourth-order valence-electron chi connectivity index (χ4n) is 1.40. The molecule has 0 aromatic heterocycles. The minimum Gasteiger partial charge on any atom is -0.336 e. The Morgan fingerprint density at radius 2 is 2.14 bits per heavy atom. The molecule has 1 saturated heterocycles. The second kappa shape index (κ2) is 3.67. The van der Waals surface area contributed by atoms with Gasteiger partial charge in [0.15, 0.2) is 0 Å². The zero-order valence-corrected chi connectivity index (χ0v) is 8.77. The van der Waals surface area contributed by atoms with Crippen LogP contribution in [0.25, 0.3) is 0 Å². The first kappa shape index (κ1) is 9.62. The van der Waals surface area contributed by atoms with Crippen LogP contribution in [0.15, 0.2) is 18.2 Å². The molecule has 14 heavy (non-hydrogen) atoms. The van der Waals surface area contributed by atoms with Crippen LogP contribution in [0.3, 0.4) is 0 Å². The minimum absolute atomic E-state index is 0.130. The summed E-state index contributed by atoms with van der Waals surface area (Å²) in [7, 11) is 0. The maximum Gasteiger partial charge on any atom is 0.322 e. The van der Waals surface area contributed by atoms with Crippen molar-refractivity contribution in [1.29, 1.82) is 0 Å².